The summed E-state index contributed by atoms with van der Waals surface area (Å²) in [5, 5.41) is 9.76. The minimum Gasteiger partial charge on any atom is -0.508 e. The molecule has 0 amide bonds. The van der Waals surface area contributed by atoms with E-state index in [-0.39, 0.29) is 10.7 Å². The van der Waals surface area contributed by atoms with E-state index >= 15 is 0 Å². The fourth-order valence-electron chi connectivity index (χ4n) is 2.06. The van der Waals surface area contributed by atoms with Crippen LogP contribution in [-0.2, 0) is 0 Å². The zero-order valence-corrected chi connectivity index (χ0v) is 13.3. The predicted octanol–water partition coefficient (Wildman–Crippen LogP) is 4.83. The molecular formula is C16H14O3S2. The summed E-state index contributed by atoms with van der Waals surface area (Å²) >= 11 is 2.48. The maximum atomic E-state index is 11.4. The fraction of sp³-hybridized carbons (Fsp3) is 0.188. The van der Waals surface area contributed by atoms with Crippen molar-refractivity contribution in [3.63, 3.8) is 0 Å². The van der Waals surface area contributed by atoms with Crippen LogP contribution in [0.15, 0.2) is 55.4 Å². The van der Waals surface area contributed by atoms with Crippen LogP contribution in [0, 0.1) is 0 Å². The molecule has 0 saturated carbocycles. The molecule has 21 heavy (non-hydrogen) atoms. The third-order valence-corrected chi connectivity index (χ3v) is 4.96. The minimum absolute atomic E-state index is 0.140. The lowest BCUT2D eigenvalue weighted by atomic mass is 10.0. The minimum atomic E-state index is -0.354. The highest BCUT2D eigenvalue weighted by molar-refractivity contribution is 7.99. The van der Waals surface area contributed by atoms with E-state index in [0.29, 0.717) is 16.2 Å². The van der Waals surface area contributed by atoms with Crippen molar-refractivity contribution in [1.82, 2.24) is 0 Å². The number of benzene rings is 2. The molecule has 0 saturated heterocycles. The number of phenols is 1. The molecule has 1 heterocycles. The molecule has 3 aromatic rings. The summed E-state index contributed by atoms with van der Waals surface area (Å²) in [6, 6.07) is 11.4. The molecule has 3 rings (SSSR count). The van der Waals surface area contributed by atoms with Crippen molar-refractivity contribution < 1.29 is 9.52 Å². The van der Waals surface area contributed by atoms with E-state index in [0.717, 1.165) is 21.1 Å². The topological polar surface area (TPSA) is 50.4 Å². The Hall–Kier alpha value is -1.72. The Morgan fingerprint density at radius 2 is 1.90 bits per heavy atom. The van der Waals surface area contributed by atoms with E-state index in [1.165, 1.54) is 17.3 Å². The molecule has 0 radical (unpaired) electrons. The van der Waals surface area contributed by atoms with Gasteiger partial charge in [-0.25, -0.2) is 4.79 Å². The van der Waals surface area contributed by atoms with Crippen LogP contribution in [-0.4, -0.2) is 5.11 Å². The quantitative estimate of drug-likeness (QED) is 0.751. The lowest BCUT2D eigenvalue weighted by Gasteiger charge is -2.07. The molecule has 0 bridgehead atoms. The Morgan fingerprint density at radius 3 is 2.57 bits per heavy atom. The Bertz CT molecular complexity index is 829. The standard InChI is InChI=1S/C16H14O3S2/c1-9(2)10-3-5-12(6-4-10)20-13-7-11(17)8-14-15(13)19-16(18)21-14/h3-9,17H,1-2H3. The Balaban J connectivity index is 1.99. The average Bonchev–Trinajstić information content (AvgIpc) is 2.79. The van der Waals surface area contributed by atoms with Crippen molar-refractivity contribution in [2.45, 2.75) is 29.6 Å². The maximum absolute atomic E-state index is 11.4. The largest absolute Gasteiger partial charge is 0.508 e. The Kier molecular flexibility index (Phi) is 3.78. The molecule has 0 spiro atoms. The lowest BCUT2D eigenvalue weighted by Crippen LogP contribution is -1.86. The van der Waals surface area contributed by atoms with Crippen molar-refractivity contribution in [1.29, 1.82) is 0 Å². The summed E-state index contributed by atoms with van der Waals surface area (Å²) in [4.78, 5) is 12.8. The first-order chi connectivity index (χ1) is 10.0. The van der Waals surface area contributed by atoms with E-state index < -0.39 is 0 Å². The van der Waals surface area contributed by atoms with E-state index in [2.05, 4.69) is 26.0 Å². The summed E-state index contributed by atoms with van der Waals surface area (Å²) in [5.74, 6) is 0.632. The highest BCUT2D eigenvalue weighted by atomic mass is 32.2. The number of hydrogen-bond donors (Lipinski definition) is 1. The molecule has 0 atom stereocenters. The maximum Gasteiger partial charge on any atom is 0.396 e. The van der Waals surface area contributed by atoms with E-state index in [4.69, 9.17) is 4.42 Å². The SMILES string of the molecule is CC(C)c1ccc(Sc2cc(O)cc3sc(=O)oc23)cc1. The fourth-order valence-corrected chi connectivity index (χ4v) is 3.80. The van der Waals surface area contributed by atoms with Crippen molar-refractivity contribution in [3.05, 3.63) is 51.7 Å². The molecule has 0 fully saturated rings. The predicted molar refractivity (Wildman–Crippen MR) is 86.7 cm³/mol. The summed E-state index contributed by atoms with van der Waals surface area (Å²) < 4.78 is 5.89. The zero-order chi connectivity index (χ0) is 15.0. The van der Waals surface area contributed by atoms with Crippen molar-refractivity contribution in [2.75, 3.05) is 0 Å². The molecule has 5 heteroatoms. The highest BCUT2D eigenvalue weighted by Gasteiger charge is 2.11. The summed E-state index contributed by atoms with van der Waals surface area (Å²) in [6.45, 7) is 4.31. The second-order valence-electron chi connectivity index (χ2n) is 5.05. The van der Waals surface area contributed by atoms with Gasteiger partial charge in [-0.3, -0.25) is 0 Å². The van der Waals surface area contributed by atoms with Gasteiger partial charge in [-0.05, 0) is 29.7 Å². The number of hydrogen-bond acceptors (Lipinski definition) is 5. The van der Waals surface area contributed by atoms with Crippen LogP contribution in [0.2, 0.25) is 0 Å². The van der Waals surface area contributed by atoms with Gasteiger partial charge in [0.2, 0.25) is 0 Å². The molecule has 2 aromatic carbocycles. The van der Waals surface area contributed by atoms with Gasteiger partial charge in [-0.2, -0.15) is 0 Å². The van der Waals surface area contributed by atoms with Crippen LogP contribution in [0.5, 0.6) is 5.75 Å². The van der Waals surface area contributed by atoms with E-state index in [9.17, 15) is 9.90 Å². The van der Waals surface area contributed by atoms with Crippen LogP contribution in [0.3, 0.4) is 0 Å². The van der Waals surface area contributed by atoms with Crippen LogP contribution in [0.1, 0.15) is 25.3 Å². The van der Waals surface area contributed by atoms with Crippen LogP contribution in [0.25, 0.3) is 10.3 Å². The molecule has 0 aliphatic rings. The molecule has 1 N–H and O–H groups in total. The zero-order valence-electron chi connectivity index (χ0n) is 11.6. The van der Waals surface area contributed by atoms with Crippen LogP contribution < -0.4 is 4.94 Å². The third kappa shape index (κ3) is 2.99. The van der Waals surface area contributed by atoms with Gasteiger partial charge >= 0.3 is 4.94 Å². The number of aromatic hydroxyl groups is 1. The summed E-state index contributed by atoms with van der Waals surface area (Å²) in [6.07, 6.45) is 0. The number of fused-ring (bicyclic) bond motifs is 1. The van der Waals surface area contributed by atoms with Crippen molar-refractivity contribution in [2.24, 2.45) is 0 Å². The molecule has 1 aromatic heterocycles. The number of rotatable bonds is 3. The average molecular weight is 318 g/mol. The lowest BCUT2D eigenvalue weighted by molar-refractivity contribution is 0.474. The molecule has 0 aliphatic heterocycles. The van der Waals surface area contributed by atoms with E-state index in [1.54, 1.807) is 12.1 Å². The first-order valence-electron chi connectivity index (χ1n) is 6.57. The highest BCUT2D eigenvalue weighted by Crippen LogP contribution is 2.37. The van der Waals surface area contributed by atoms with Gasteiger partial charge in [0, 0.05) is 11.0 Å². The van der Waals surface area contributed by atoms with Gasteiger partial charge in [0.1, 0.15) is 5.75 Å². The smallest absolute Gasteiger partial charge is 0.396 e. The molecule has 0 unspecified atom stereocenters. The van der Waals surface area contributed by atoms with Crippen molar-refractivity contribution >= 4 is 33.4 Å². The monoisotopic (exact) mass is 318 g/mol. The third-order valence-electron chi connectivity index (χ3n) is 3.16. The van der Waals surface area contributed by atoms with Gasteiger partial charge in [0.15, 0.2) is 5.58 Å². The van der Waals surface area contributed by atoms with Gasteiger partial charge in [-0.1, -0.05) is 49.1 Å². The van der Waals surface area contributed by atoms with Gasteiger partial charge in [-0.15, -0.1) is 0 Å². The first kappa shape index (κ1) is 14.2. The van der Waals surface area contributed by atoms with Crippen LogP contribution >= 0.6 is 23.1 Å². The van der Waals surface area contributed by atoms with Gasteiger partial charge in [0.05, 0.1) is 9.60 Å². The normalized spacial score (nSPS) is 11.4. The Morgan fingerprint density at radius 1 is 1.19 bits per heavy atom. The van der Waals surface area contributed by atoms with Crippen molar-refractivity contribution in [3.8, 4) is 5.75 Å². The van der Waals surface area contributed by atoms with Gasteiger partial charge in [0.25, 0.3) is 0 Å². The number of phenolic OH excluding ortho intramolecular Hbond substituents is 1. The molecular weight excluding hydrogens is 304 g/mol. The summed E-state index contributed by atoms with van der Waals surface area (Å²) in [7, 11) is 0. The second-order valence-corrected chi connectivity index (χ2v) is 7.14. The van der Waals surface area contributed by atoms with Crippen LogP contribution in [0.4, 0.5) is 0 Å². The second kappa shape index (κ2) is 5.58. The van der Waals surface area contributed by atoms with E-state index in [1.807, 2.05) is 12.1 Å². The molecule has 3 nitrogen and oxygen atoms in total. The molecule has 108 valence electrons. The summed E-state index contributed by atoms with van der Waals surface area (Å²) in [5.41, 5.74) is 1.82. The molecule has 0 aliphatic carbocycles. The first-order valence-corrected chi connectivity index (χ1v) is 8.20. The van der Waals surface area contributed by atoms with Gasteiger partial charge < -0.3 is 9.52 Å². The Labute approximate surface area is 130 Å².